The first kappa shape index (κ1) is 12.0. The van der Waals surface area contributed by atoms with Gasteiger partial charge in [0.05, 0.1) is 17.6 Å². The molecule has 2 rings (SSSR count). The highest BCUT2D eigenvalue weighted by Gasteiger charge is 2.40. The fourth-order valence-corrected chi connectivity index (χ4v) is 2.15. The van der Waals surface area contributed by atoms with Gasteiger partial charge < -0.3 is 9.84 Å². The summed E-state index contributed by atoms with van der Waals surface area (Å²) >= 11 is 0. The summed E-state index contributed by atoms with van der Waals surface area (Å²) in [5, 5.41) is 19.6. The van der Waals surface area contributed by atoms with Gasteiger partial charge in [0, 0.05) is 13.2 Å². The van der Waals surface area contributed by atoms with Crippen LogP contribution in [0, 0.1) is 22.6 Å². The van der Waals surface area contributed by atoms with E-state index in [2.05, 4.69) is 6.07 Å². The summed E-state index contributed by atoms with van der Waals surface area (Å²) in [6.45, 7) is 0.956. The van der Waals surface area contributed by atoms with Crippen molar-refractivity contribution in [2.24, 2.45) is 5.41 Å². The van der Waals surface area contributed by atoms with Crippen LogP contribution in [0.15, 0.2) is 24.3 Å². The second kappa shape index (κ2) is 4.82. The van der Waals surface area contributed by atoms with Crippen molar-refractivity contribution in [2.45, 2.75) is 18.9 Å². The van der Waals surface area contributed by atoms with Gasteiger partial charge in [-0.05, 0) is 30.5 Å². The molecule has 0 spiro atoms. The van der Waals surface area contributed by atoms with E-state index < -0.39 is 11.5 Å². The van der Waals surface area contributed by atoms with Crippen LogP contribution < -0.4 is 0 Å². The maximum absolute atomic E-state index is 12.8. The lowest BCUT2D eigenvalue weighted by atomic mass is 9.74. The van der Waals surface area contributed by atoms with E-state index in [9.17, 15) is 14.8 Å². The molecule has 3 nitrogen and oxygen atoms in total. The summed E-state index contributed by atoms with van der Waals surface area (Å²) in [6, 6.07) is 7.84. The third-order valence-corrected chi connectivity index (χ3v) is 3.32. The van der Waals surface area contributed by atoms with Gasteiger partial charge in [-0.1, -0.05) is 12.1 Å². The molecule has 1 saturated heterocycles. The Kier molecular flexibility index (Phi) is 3.41. The number of nitrogens with zero attached hydrogens (tertiary/aromatic N) is 1. The molecular formula is C13H14FNO2. The molecule has 0 aliphatic carbocycles. The average molecular weight is 235 g/mol. The molecule has 0 radical (unpaired) electrons. The van der Waals surface area contributed by atoms with Crippen LogP contribution in [0.2, 0.25) is 0 Å². The van der Waals surface area contributed by atoms with Gasteiger partial charge in [-0.2, -0.15) is 5.26 Å². The van der Waals surface area contributed by atoms with Gasteiger partial charge >= 0.3 is 0 Å². The molecule has 1 aromatic rings. The van der Waals surface area contributed by atoms with Crippen molar-refractivity contribution >= 4 is 0 Å². The molecule has 1 aliphatic heterocycles. The molecule has 1 aromatic carbocycles. The van der Waals surface area contributed by atoms with Gasteiger partial charge in [-0.15, -0.1) is 0 Å². The van der Waals surface area contributed by atoms with Crippen molar-refractivity contribution in [3.63, 3.8) is 0 Å². The first-order chi connectivity index (χ1) is 8.18. The number of rotatable bonds is 2. The minimum absolute atomic E-state index is 0.348. The fraction of sp³-hybridized carbons (Fsp3) is 0.462. The van der Waals surface area contributed by atoms with Crippen molar-refractivity contribution in [1.82, 2.24) is 0 Å². The maximum atomic E-state index is 12.8. The van der Waals surface area contributed by atoms with Crippen LogP contribution in [0.4, 0.5) is 4.39 Å². The maximum Gasteiger partial charge on any atom is 0.123 e. The molecule has 1 unspecified atom stereocenters. The lowest BCUT2D eigenvalue weighted by molar-refractivity contribution is -0.0310. The topological polar surface area (TPSA) is 53.2 Å². The Bertz CT molecular complexity index is 418. The monoisotopic (exact) mass is 235 g/mol. The molecule has 0 bridgehead atoms. The Morgan fingerprint density at radius 2 is 1.88 bits per heavy atom. The van der Waals surface area contributed by atoms with Gasteiger partial charge in [0.2, 0.25) is 0 Å². The number of hydrogen-bond acceptors (Lipinski definition) is 3. The molecule has 17 heavy (non-hydrogen) atoms. The van der Waals surface area contributed by atoms with E-state index in [1.807, 2.05) is 0 Å². The third kappa shape index (κ3) is 2.31. The normalized spacial score (nSPS) is 20.5. The van der Waals surface area contributed by atoms with E-state index in [-0.39, 0.29) is 5.82 Å². The highest BCUT2D eigenvalue weighted by molar-refractivity contribution is 5.23. The molecule has 4 heteroatoms. The van der Waals surface area contributed by atoms with Gasteiger partial charge in [-0.3, -0.25) is 0 Å². The van der Waals surface area contributed by atoms with Gasteiger partial charge in [0.15, 0.2) is 0 Å². The summed E-state index contributed by atoms with van der Waals surface area (Å²) in [5.41, 5.74) is -0.231. The summed E-state index contributed by atoms with van der Waals surface area (Å²) in [6.07, 6.45) is 0.112. The van der Waals surface area contributed by atoms with Crippen molar-refractivity contribution in [1.29, 1.82) is 5.26 Å². The zero-order chi connectivity index (χ0) is 12.3. The standard InChI is InChI=1S/C13H14FNO2/c14-11-3-1-10(2-4-11)12(16)13(9-15)5-7-17-8-6-13/h1-4,12,16H,5-8H2. The van der Waals surface area contributed by atoms with Crippen molar-refractivity contribution in [3.8, 4) is 6.07 Å². The predicted octanol–water partition coefficient (Wildman–Crippen LogP) is 2.18. The number of halogens is 1. The summed E-state index contributed by atoms with van der Waals surface area (Å²) < 4.78 is 18.0. The highest BCUT2D eigenvalue weighted by atomic mass is 19.1. The van der Waals surface area contributed by atoms with Crippen LogP contribution in [-0.2, 0) is 4.74 Å². The second-order valence-electron chi connectivity index (χ2n) is 4.33. The second-order valence-corrected chi connectivity index (χ2v) is 4.33. The Morgan fingerprint density at radius 3 is 2.41 bits per heavy atom. The third-order valence-electron chi connectivity index (χ3n) is 3.32. The Labute approximate surface area is 99.4 Å². The fourth-order valence-electron chi connectivity index (χ4n) is 2.15. The number of ether oxygens (including phenoxy) is 1. The predicted molar refractivity (Wildman–Crippen MR) is 59.5 cm³/mol. The van der Waals surface area contributed by atoms with Gasteiger partial charge in [0.1, 0.15) is 5.82 Å². The molecule has 1 fully saturated rings. The Morgan fingerprint density at radius 1 is 1.29 bits per heavy atom. The number of aliphatic hydroxyl groups excluding tert-OH is 1. The van der Waals surface area contributed by atoms with Crippen molar-refractivity contribution in [2.75, 3.05) is 13.2 Å². The molecule has 0 amide bonds. The lowest BCUT2D eigenvalue weighted by Crippen LogP contribution is -2.34. The van der Waals surface area contributed by atoms with Crippen molar-refractivity contribution < 1.29 is 14.2 Å². The van der Waals surface area contributed by atoms with Crippen LogP contribution in [0.25, 0.3) is 0 Å². The minimum atomic E-state index is -0.892. The molecule has 0 aromatic heterocycles. The van der Waals surface area contributed by atoms with Crippen molar-refractivity contribution in [3.05, 3.63) is 35.6 Å². The Balaban J connectivity index is 2.25. The van der Waals surface area contributed by atoms with Gasteiger partial charge in [-0.25, -0.2) is 4.39 Å². The largest absolute Gasteiger partial charge is 0.387 e. The first-order valence-corrected chi connectivity index (χ1v) is 5.60. The first-order valence-electron chi connectivity index (χ1n) is 5.60. The minimum Gasteiger partial charge on any atom is -0.387 e. The zero-order valence-corrected chi connectivity index (χ0v) is 9.40. The quantitative estimate of drug-likeness (QED) is 0.854. The van der Waals surface area contributed by atoms with E-state index >= 15 is 0 Å². The van der Waals surface area contributed by atoms with Crippen LogP contribution in [-0.4, -0.2) is 18.3 Å². The summed E-state index contributed by atoms with van der Waals surface area (Å²) in [7, 11) is 0. The average Bonchev–Trinajstić information content (AvgIpc) is 2.39. The van der Waals surface area contributed by atoms with Crippen LogP contribution >= 0.6 is 0 Å². The van der Waals surface area contributed by atoms with Crippen LogP contribution in [0.3, 0.4) is 0 Å². The van der Waals surface area contributed by atoms with E-state index in [4.69, 9.17) is 4.74 Å². The van der Waals surface area contributed by atoms with E-state index in [0.29, 0.717) is 31.6 Å². The number of aliphatic hydroxyl groups is 1. The zero-order valence-electron chi connectivity index (χ0n) is 9.40. The number of hydrogen-bond donors (Lipinski definition) is 1. The molecular weight excluding hydrogens is 221 g/mol. The summed E-state index contributed by atoms with van der Waals surface area (Å²) in [5.74, 6) is -0.348. The van der Waals surface area contributed by atoms with Gasteiger partial charge in [0.25, 0.3) is 0 Å². The number of benzene rings is 1. The number of nitriles is 1. The summed E-state index contributed by atoms with van der Waals surface area (Å²) in [4.78, 5) is 0. The lowest BCUT2D eigenvalue weighted by Gasteiger charge is -2.35. The highest BCUT2D eigenvalue weighted by Crippen LogP contribution is 2.41. The molecule has 90 valence electrons. The van der Waals surface area contributed by atoms with Crippen LogP contribution in [0.5, 0.6) is 0 Å². The van der Waals surface area contributed by atoms with E-state index in [0.717, 1.165) is 0 Å². The van der Waals surface area contributed by atoms with E-state index in [1.165, 1.54) is 24.3 Å². The molecule has 1 N–H and O–H groups in total. The molecule has 0 saturated carbocycles. The molecule has 1 heterocycles. The Hall–Kier alpha value is -1.44. The van der Waals surface area contributed by atoms with E-state index in [1.54, 1.807) is 0 Å². The smallest absolute Gasteiger partial charge is 0.123 e. The SMILES string of the molecule is N#CC1(C(O)c2ccc(F)cc2)CCOCC1. The van der Waals surface area contributed by atoms with Crippen LogP contribution in [0.1, 0.15) is 24.5 Å². The molecule has 1 aliphatic rings. The molecule has 1 atom stereocenters.